The number of aromatic carboxylic acids is 1. The monoisotopic (exact) mass is 755 g/mol. The average Bonchev–Trinajstić information content (AvgIpc) is 3.77. The quantitative estimate of drug-likeness (QED) is 0.0788. The zero-order valence-electron chi connectivity index (χ0n) is 32.9. The second-order valence-corrected chi connectivity index (χ2v) is 10.4. The number of ether oxygens (including phenoxy) is 1. The lowest BCUT2D eigenvalue weighted by Crippen LogP contribution is -2.22. The number of hydrogen-bond donors (Lipinski definition) is 3. The van der Waals surface area contributed by atoms with E-state index < -0.39 is 23.9 Å². The molecule has 0 bridgehead atoms. The van der Waals surface area contributed by atoms with Gasteiger partial charge >= 0.3 is 23.9 Å². The first-order valence-electron chi connectivity index (χ1n) is 18.4. The van der Waals surface area contributed by atoms with Crippen molar-refractivity contribution in [3.05, 3.63) is 142 Å². The molecule has 0 unspecified atom stereocenters. The maximum atomic E-state index is 11.3. The molecule has 11 heteroatoms. The maximum Gasteiger partial charge on any atom is 0.346 e. The lowest BCUT2D eigenvalue weighted by Gasteiger charge is -2.12. The molecule has 0 spiro atoms. The fourth-order valence-corrected chi connectivity index (χ4v) is 5.06. The van der Waals surface area contributed by atoms with Gasteiger partial charge in [0.1, 0.15) is 5.71 Å². The first kappa shape index (κ1) is 48.8. The predicted octanol–water partition coefficient (Wildman–Crippen LogP) is 9.11. The third-order valence-electron chi connectivity index (χ3n) is 7.31. The van der Waals surface area contributed by atoms with Gasteiger partial charge in [0, 0.05) is 24.0 Å². The Morgan fingerprint density at radius 1 is 0.600 bits per heavy atom. The number of cyclic esters (lactones) is 2. The Hall–Kier alpha value is -6.23. The molecule has 0 fully saturated rings. The normalized spacial score (nSPS) is 12.8. The van der Waals surface area contributed by atoms with Gasteiger partial charge in [-0.1, -0.05) is 145 Å². The highest BCUT2D eigenvalue weighted by Crippen LogP contribution is 2.21. The van der Waals surface area contributed by atoms with E-state index >= 15 is 0 Å². The second-order valence-electron chi connectivity index (χ2n) is 10.4. The lowest BCUT2D eigenvalue weighted by atomic mass is 10.0. The van der Waals surface area contributed by atoms with Gasteiger partial charge in [-0.25, -0.2) is 9.59 Å². The number of benzene rings is 4. The number of carbonyl (C=O) groups excluding carboxylic acids is 4. The summed E-state index contributed by atoms with van der Waals surface area (Å²) in [5.74, 6) is -3.00. The van der Waals surface area contributed by atoms with Crippen LogP contribution in [-0.2, 0) is 40.0 Å². The molecule has 294 valence electrons. The van der Waals surface area contributed by atoms with Gasteiger partial charge in [0.2, 0.25) is 5.78 Å². The minimum absolute atomic E-state index is 0.0462. The molecule has 4 aromatic rings. The number of hydrogen-bond acceptors (Lipinski definition) is 9. The number of aryl methyl sites for hydroxylation is 1. The number of nitrogens with zero attached hydrogens (tertiary/aromatic N) is 1. The van der Waals surface area contributed by atoms with Crippen molar-refractivity contribution in [1.29, 1.82) is 0 Å². The third-order valence-corrected chi connectivity index (χ3v) is 7.31. The fourth-order valence-electron chi connectivity index (χ4n) is 5.06. The number of ketones is 2. The van der Waals surface area contributed by atoms with Gasteiger partial charge in [0.15, 0.2) is 5.78 Å². The molecule has 3 aliphatic rings. The van der Waals surface area contributed by atoms with Crippen LogP contribution in [0, 0.1) is 0 Å². The van der Waals surface area contributed by atoms with Crippen molar-refractivity contribution in [3.8, 4) is 0 Å². The Balaban J connectivity index is 0.000000666. The molecule has 0 aromatic heterocycles. The van der Waals surface area contributed by atoms with Crippen molar-refractivity contribution >= 4 is 41.2 Å². The molecule has 3 N–H and O–H groups in total. The molecule has 55 heavy (non-hydrogen) atoms. The van der Waals surface area contributed by atoms with E-state index in [0.717, 1.165) is 23.1 Å². The van der Waals surface area contributed by atoms with Gasteiger partial charge in [-0.05, 0) is 40.8 Å². The van der Waals surface area contributed by atoms with Crippen LogP contribution < -0.4 is 0 Å². The number of fused-ring (bicyclic) bond motifs is 3. The second kappa shape index (κ2) is 27.4. The zero-order valence-corrected chi connectivity index (χ0v) is 32.9. The maximum absolute atomic E-state index is 11.3. The molecule has 2 aliphatic carbocycles. The molecule has 0 saturated heterocycles. The lowest BCUT2D eigenvalue weighted by molar-refractivity contribution is -0.138. The standard InChI is InChI=1S/C9H7NO2.C9H8O4.C9H6O3.C9H8O.4C2H6/c11-9-7-4-2-1-3-6(7)5-8(9)10-12;10-8(11)5-6-3-1-2-4-7(6)9(12)13;10-8-5-6-3-1-2-4-7(6)9(11)12-8;10-9-6-5-7-3-1-2-4-8(7)9;4*1-2/h1-4,12H,5H2;1-4H,5H2,(H,10,11)(H,12,13);1-4H,5H2;1-4H,5-6H2;4*1-2H3/b10-8-;;;;;;;. The number of carboxylic acids is 2. The first-order valence-corrected chi connectivity index (χ1v) is 18.4. The molecular formula is C44H53NO10. The molecule has 7 rings (SSSR count). The summed E-state index contributed by atoms with van der Waals surface area (Å²) in [6.07, 6.45) is 2.03. The Bertz CT molecular complexity index is 1890. The molecule has 0 atom stereocenters. The summed E-state index contributed by atoms with van der Waals surface area (Å²) in [5, 5.41) is 28.6. The number of esters is 2. The number of carbonyl (C=O) groups is 6. The minimum Gasteiger partial charge on any atom is -0.481 e. The van der Waals surface area contributed by atoms with Crippen molar-refractivity contribution in [3.63, 3.8) is 0 Å². The molecule has 11 nitrogen and oxygen atoms in total. The van der Waals surface area contributed by atoms with Gasteiger partial charge in [-0.15, -0.1) is 0 Å². The van der Waals surface area contributed by atoms with Crippen LogP contribution in [0.1, 0.15) is 125 Å². The topological polar surface area (TPSA) is 185 Å². The van der Waals surface area contributed by atoms with Gasteiger partial charge < -0.3 is 20.2 Å². The van der Waals surface area contributed by atoms with Gasteiger partial charge in [-0.2, -0.15) is 0 Å². The van der Waals surface area contributed by atoms with E-state index in [1.54, 1.807) is 48.5 Å². The van der Waals surface area contributed by atoms with Crippen molar-refractivity contribution < 1.29 is 48.9 Å². The van der Waals surface area contributed by atoms with E-state index in [1.807, 2.05) is 91.8 Å². The van der Waals surface area contributed by atoms with Gasteiger partial charge in [0.05, 0.1) is 24.0 Å². The van der Waals surface area contributed by atoms with Crippen LogP contribution in [0.2, 0.25) is 0 Å². The SMILES string of the molecule is CC.CC.CC.CC.O=C(O)Cc1ccccc1C(=O)O.O=C1/C(=N\O)Cc2ccccc21.O=C1CCc2ccccc21.O=C1Cc2ccccc2C(=O)O1. The van der Waals surface area contributed by atoms with Crippen molar-refractivity contribution in [2.45, 2.75) is 87.5 Å². The number of oxime groups is 1. The van der Waals surface area contributed by atoms with Crippen LogP contribution in [0.15, 0.2) is 102 Å². The summed E-state index contributed by atoms with van der Waals surface area (Å²) in [4.78, 5) is 65.2. The van der Waals surface area contributed by atoms with Crippen molar-refractivity contribution in [2.75, 3.05) is 0 Å². The summed E-state index contributed by atoms with van der Waals surface area (Å²) >= 11 is 0. The van der Waals surface area contributed by atoms with Crippen molar-refractivity contribution in [1.82, 2.24) is 0 Å². The highest BCUT2D eigenvalue weighted by molar-refractivity contribution is 6.49. The molecule has 4 aromatic carbocycles. The summed E-state index contributed by atoms with van der Waals surface area (Å²) in [6.45, 7) is 16.0. The molecule has 1 aliphatic heterocycles. The van der Waals surface area contributed by atoms with E-state index in [9.17, 15) is 28.8 Å². The molecular weight excluding hydrogens is 702 g/mol. The highest BCUT2D eigenvalue weighted by Gasteiger charge is 2.26. The summed E-state index contributed by atoms with van der Waals surface area (Å²) in [6, 6.07) is 28.1. The number of aliphatic carboxylic acids is 1. The molecule has 0 radical (unpaired) electrons. The number of rotatable bonds is 3. The smallest absolute Gasteiger partial charge is 0.346 e. The fraction of sp³-hybridized carbons (Fsp3) is 0.295. The first-order chi connectivity index (χ1) is 26.6. The zero-order chi connectivity index (χ0) is 41.9. The third kappa shape index (κ3) is 15.3. The largest absolute Gasteiger partial charge is 0.481 e. The van der Waals surface area contributed by atoms with Crippen LogP contribution in [0.3, 0.4) is 0 Å². The Morgan fingerprint density at radius 2 is 1.07 bits per heavy atom. The van der Waals surface area contributed by atoms with Gasteiger partial charge in [-0.3, -0.25) is 19.2 Å². The summed E-state index contributed by atoms with van der Waals surface area (Å²) in [5.41, 5.74) is 5.59. The minimum atomic E-state index is -1.10. The van der Waals surface area contributed by atoms with Crippen LogP contribution in [-0.4, -0.2) is 56.6 Å². The van der Waals surface area contributed by atoms with Crippen LogP contribution in [0.25, 0.3) is 0 Å². The Labute approximate surface area is 323 Å². The van der Waals surface area contributed by atoms with E-state index in [0.29, 0.717) is 35.3 Å². The van der Waals surface area contributed by atoms with E-state index in [4.69, 9.17) is 15.4 Å². The van der Waals surface area contributed by atoms with E-state index in [-0.39, 0.29) is 29.9 Å². The van der Waals surface area contributed by atoms with Crippen LogP contribution in [0.4, 0.5) is 0 Å². The van der Waals surface area contributed by atoms with Crippen molar-refractivity contribution in [2.24, 2.45) is 5.16 Å². The van der Waals surface area contributed by atoms with E-state index in [2.05, 4.69) is 9.89 Å². The summed E-state index contributed by atoms with van der Waals surface area (Å²) in [7, 11) is 0. The Morgan fingerprint density at radius 3 is 1.58 bits per heavy atom. The van der Waals surface area contributed by atoms with Crippen LogP contribution in [0.5, 0.6) is 0 Å². The predicted molar refractivity (Wildman–Crippen MR) is 213 cm³/mol. The van der Waals surface area contributed by atoms with Gasteiger partial charge in [0.25, 0.3) is 0 Å². The number of carboxylic acid groups (broad SMARTS) is 2. The molecule has 0 saturated carbocycles. The number of Topliss-reactive ketones (excluding diaryl/α,β-unsaturated/α-hetero) is 2. The Kier molecular flexibility index (Phi) is 24.3. The molecule has 1 heterocycles. The highest BCUT2D eigenvalue weighted by atomic mass is 16.6. The van der Waals surface area contributed by atoms with Crippen LogP contribution >= 0.6 is 0 Å². The molecule has 0 amide bonds. The summed E-state index contributed by atoms with van der Waals surface area (Å²) < 4.78 is 4.43. The average molecular weight is 756 g/mol. The van der Waals surface area contributed by atoms with E-state index in [1.165, 1.54) is 17.7 Å².